The lowest BCUT2D eigenvalue weighted by molar-refractivity contribution is -0.392. The topological polar surface area (TPSA) is 362 Å². The number of carboxylic acid groups (broad SMARTS) is 1. The van der Waals surface area contributed by atoms with Crippen LogP contribution in [0.1, 0.15) is 101 Å². The maximum absolute atomic E-state index is 13.2. The van der Waals surface area contributed by atoms with Gasteiger partial charge < -0.3 is 99.5 Å². The van der Waals surface area contributed by atoms with Crippen molar-refractivity contribution in [3.63, 3.8) is 0 Å². The van der Waals surface area contributed by atoms with Gasteiger partial charge in [-0.2, -0.15) is 0 Å². The van der Waals surface area contributed by atoms with Crippen LogP contribution in [0.4, 0.5) is 0 Å². The van der Waals surface area contributed by atoms with E-state index in [1.807, 2.05) is 34.6 Å². The maximum atomic E-state index is 13.2. The van der Waals surface area contributed by atoms with Crippen molar-refractivity contribution in [2.75, 3.05) is 19.8 Å². The number of hydrogen-bond acceptors (Lipinski definition) is 21. The molecule has 26 atom stereocenters. The first-order chi connectivity index (χ1) is 34.5. The number of carboxylic acids is 1. The van der Waals surface area contributed by atoms with E-state index in [-0.39, 0.29) is 11.8 Å². The molecule has 0 aromatic carbocycles. The highest BCUT2D eigenvalue weighted by molar-refractivity contribution is 5.87. The van der Waals surface area contributed by atoms with Crippen LogP contribution in [0.5, 0.6) is 0 Å². The number of allylic oxidation sites excluding steroid dienone is 2. The molecule has 0 bridgehead atoms. The molecule has 0 spiro atoms. The Balaban J connectivity index is 1.11. The Labute approximate surface area is 430 Å². The average molecular weight is 1060 g/mol. The van der Waals surface area contributed by atoms with Crippen LogP contribution in [0.2, 0.25) is 0 Å². The number of aliphatic hydroxyl groups excluding tert-OH is 12. The second-order valence-corrected chi connectivity index (χ2v) is 24.7. The zero-order valence-electron chi connectivity index (χ0n) is 43.7. The molecule has 22 heteroatoms. The van der Waals surface area contributed by atoms with Crippen molar-refractivity contribution in [3.8, 4) is 0 Å². The van der Waals surface area contributed by atoms with E-state index in [2.05, 4.69) is 19.9 Å². The van der Waals surface area contributed by atoms with Crippen LogP contribution in [0.25, 0.3) is 0 Å². The van der Waals surface area contributed by atoms with Gasteiger partial charge in [0, 0.05) is 16.4 Å². The zero-order valence-corrected chi connectivity index (χ0v) is 43.7. The minimum absolute atomic E-state index is 0.112. The number of carbonyl (C=O) groups is 2. The molecule has 3 heterocycles. The highest BCUT2D eigenvalue weighted by Crippen LogP contribution is 2.76. The Bertz CT molecular complexity index is 2130. The molecule has 0 aromatic rings. The molecule has 0 amide bonds. The minimum Gasteiger partial charge on any atom is -0.479 e. The molecule has 8 rings (SSSR count). The van der Waals surface area contributed by atoms with Gasteiger partial charge in [-0.15, -0.1) is 0 Å². The number of carbonyl (C=O) groups excluding carboxylic acids is 1. The van der Waals surface area contributed by atoms with Crippen LogP contribution in [-0.4, -0.2) is 215 Å². The lowest BCUT2D eigenvalue weighted by Gasteiger charge is -2.73. The Morgan fingerprint density at radius 2 is 1.38 bits per heavy atom. The number of fused-ring (bicyclic) bond motifs is 7. The molecule has 7 fully saturated rings. The Morgan fingerprint density at radius 3 is 2.00 bits per heavy atom. The van der Waals surface area contributed by atoms with Crippen molar-refractivity contribution in [3.05, 3.63) is 23.3 Å². The summed E-state index contributed by atoms with van der Waals surface area (Å²) in [7, 11) is 0. The molecular formula is C52H82O22. The lowest BCUT2D eigenvalue weighted by atomic mass is 9.32. The van der Waals surface area contributed by atoms with E-state index in [0.29, 0.717) is 44.1 Å². The summed E-state index contributed by atoms with van der Waals surface area (Å²) in [5, 5.41) is 145. The Morgan fingerprint density at radius 1 is 0.730 bits per heavy atom. The van der Waals surface area contributed by atoms with E-state index in [4.69, 9.17) is 33.2 Å². The van der Waals surface area contributed by atoms with E-state index in [1.165, 1.54) is 0 Å². The molecule has 0 unspecified atom stereocenters. The fraction of sp³-hybridized carbons (Fsp3) is 0.885. The van der Waals surface area contributed by atoms with Gasteiger partial charge in [-0.3, -0.25) is 0 Å². The molecule has 4 saturated carbocycles. The largest absolute Gasteiger partial charge is 0.479 e. The molecule has 422 valence electrons. The zero-order chi connectivity index (χ0) is 54.7. The number of rotatable bonds is 11. The fourth-order valence-corrected chi connectivity index (χ4v) is 15.7. The molecule has 8 aliphatic rings. The number of esters is 1. The summed E-state index contributed by atoms with van der Waals surface area (Å²) in [6, 6.07) is 0. The van der Waals surface area contributed by atoms with Crippen molar-refractivity contribution >= 4 is 11.9 Å². The smallest absolute Gasteiger partial charge is 0.335 e. The van der Waals surface area contributed by atoms with Crippen LogP contribution in [-0.2, 0) is 42.7 Å². The lowest BCUT2D eigenvalue weighted by Crippen LogP contribution is -2.76. The standard InChI is InChI=1S/C52H82O22/c1-10-21(2)43(67)74-41-40(64)52(20-54)23(17-47(41,3)4)22-11-12-27-49(7)15-14-28(48(5,6)26(49)13-16-50(27,8)51(22,9)38(62)39(52)63)70-46-37(73-45-33(60)31(58)30(57)25(18-53)69-45)35(34(61)36(72-46)42(65)66)71-44-32(59)29(56)24(55)19-68-44/h10-11,23-41,44-46,53-64H,12-20H2,1-9H3,(H,65,66)/b21-10-/t23-,24-,25+,26-,27+,28-,29-,30+,31-,32+,33+,34-,35-,36-,37+,38-,39+,40-,41-,44-,45-,46+,49-,50+,51-,52-/m0/s1. The first-order valence-corrected chi connectivity index (χ1v) is 26.1. The third-order valence-corrected chi connectivity index (χ3v) is 20.4. The number of ether oxygens (including phenoxy) is 7. The molecule has 5 aliphatic carbocycles. The summed E-state index contributed by atoms with van der Waals surface area (Å²) in [6.07, 6.45) is -25.6. The van der Waals surface area contributed by atoms with Crippen LogP contribution < -0.4 is 0 Å². The summed E-state index contributed by atoms with van der Waals surface area (Å²) >= 11 is 0. The number of aliphatic hydroxyl groups is 12. The molecule has 22 nitrogen and oxygen atoms in total. The average Bonchev–Trinajstić information content (AvgIpc) is 3.34. The predicted octanol–water partition coefficient (Wildman–Crippen LogP) is -1.25. The molecule has 3 saturated heterocycles. The first-order valence-electron chi connectivity index (χ1n) is 26.1. The van der Waals surface area contributed by atoms with E-state index in [9.17, 15) is 76.0 Å². The van der Waals surface area contributed by atoms with Gasteiger partial charge in [0.25, 0.3) is 0 Å². The first kappa shape index (κ1) is 57.9. The van der Waals surface area contributed by atoms with Crippen molar-refractivity contribution in [1.82, 2.24) is 0 Å². The van der Waals surface area contributed by atoms with Gasteiger partial charge in [-0.25, -0.2) is 9.59 Å². The SMILES string of the molecule is C/C=C(/C)C(=O)O[C@H]1[C@H](O)[C@]2(CO)[C@H](O)[C@H](O)[C@]3(C)C(=CC[C@@H]4[C@@]5(C)CC[C@H](O[C@@H]6O[C@H](C(=O)O)[C@@H](O)[C@H](O[C@@H]7OC[C@H](O)[C@H](O)[C@H]7O)[C@H]6O[C@@H]6O[C@H](CO)[C@@H](O)[C@H](O)[C@H]6O)C(C)(C)[C@@H]5CC[C@]43C)[C@@H]2CC1(C)C. The third kappa shape index (κ3) is 8.68. The van der Waals surface area contributed by atoms with Crippen LogP contribution in [0, 0.1) is 50.2 Å². The molecule has 74 heavy (non-hydrogen) atoms. The van der Waals surface area contributed by atoms with Gasteiger partial charge >= 0.3 is 11.9 Å². The van der Waals surface area contributed by atoms with E-state index in [1.54, 1.807) is 19.9 Å². The van der Waals surface area contributed by atoms with E-state index in [0.717, 1.165) is 5.57 Å². The minimum atomic E-state index is -2.11. The third-order valence-electron chi connectivity index (χ3n) is 20.4. The van der Waals surface area contributed by atoms with Crippen molar-refractivity contribution in [2.45, 2.75) is 217 Å². The number of hydrogen-bond donors (Lipinski definition) is 13. The molecule has 0 radical (unpaired) electrons. The monoisotopic (exact) mass is 1060 g/mol. The summed E-state index contributed by atoms with van der Waals surface area (Å²) < 4.78 is 42.2. The Kier molecular flexibility index (Phi) is 16.0. The van der Waals surface area contributed by atoms with Gasteiger partial charge in [0.1, 0.15) is 73.2 Å². The predicted molar refractivity (Wildman–Crippen MR) is 253 cm³/mol. The second-order valence-electron chi connectivity index (χ2n) is 24.7. The highest BCUT2D eigenvalue weighted by Gasteiger charge is 2.75. The van der Waals surface area contributed by atoms with Crippen molar-refractivity contribution in [2.24, 2.45) is 50.2 Å². The molecule has 0 aromatic heterocycles. The van der Waals surface area contributed by atoms with Crippen LogP contribution >= 0.6 is 0 Å². The summed E-state index contributed by atoms with van der Waals surface area (Å²) in [4.78, 5) is 26.0. The Hall–Kier alpha value is -2.30. The van der Waals surface area contributed by atoms with Crippen molar-refractivity contribution in [1.29, 1.82) is 0 Å². The van der Waals surface area contributed by atoms with Gasteiger partial charge in [-0.05, 0) is 86.4 Å². The summed E-state index contributed by atoms with van der Waals surface area (Å²) in [5.41, 5.74) is -4.30. The van der Waals surface area contributed by atoms with Gasteiger partial charge in [-0.1, -0.05) is 66.2 Å². The summed E-state index contributed by atoms with van der Waals surface area (Å²) in [6.45, 7) is 15.4. The van der Waals surface area contributed by atoms with Crippen LogP contribution in [0.15, 0.2) is 23.3 Å². The van der Waals surface area contributed by atoms with Gasteiger partial charge in [0.05, 0.1) is 43.5 Å². The van der Waals surface area contributed by atoms with E-state index < -0.39 is 187 Å². The van der Waals surface area contributed by atoms with E-state index >= 15 is 0 Å². The fourth-order valence-electron chi connectivity index (χ4n) is 15.7. The van der Waals surface area contributed by atoms with Crippen LogP contribution in [0.3, 0.4) is 0 Å². The summed E-state index contributed by atoms with van der Waals surface area (Å²) in [5.74, 6) is -3.12. The quantitative estimate of drug-likeness (QED) is 0.0497. The molecule has 13 N–H and O–H groups in total. The molecule has 3 aliphatic heterocycles. The highest BCUT2D eigenvalue weighted by atomic mass is 16.8. The van der Waals surface area contributed by atoms with Gasteiger partial charge in [0.2, 0.25) is 0 Å². The van der Waals surface area contributed by atoms with Crippen molar-refractivity contribution < 1.29 is 109 Å². The number of aliphatic carboxylic acids is 1. The second kappa shape index (κ2) is 20.4. The van der Waals surface area contributed by atoms with Gasteiger partial charge in [0.15, 0.2) is 25.0 Å². The molecular weight excluding hydrogens is 977 g/mol. The maximum Gasteiger partial charge on any atom is 0.335 e. The normalized spacial score (nSPS) is 52.1.